The van der Waals surface area contributed by atoms with Crippen LogP contribution in [0.2, 0.25) is 0 Å². The van der Waals surface area contributed by atoms with Crippen molar-refractivity contribution < 1.29 is 9.84 Å². The maximum absolute atomic E-state index is 9.28. The van der Waals surface area contributed by atoms with Gasteiger partial charge in [-0.2, -0.15) is 11.8 Å². The minimum absolute atomic E-state index is 0.407. The van der Waals surface area contributed by atoms with Crippen LogP contribution in [0.3, 0.4) is 0 Å². The minimum Gasteiger partial charge on any atom is -0.493 e. The van der Waals surface area contributed by atoms with Crippen LogP contribution in [0, 0.1) is 0 Å². The summed E-state index contributed by atoms with van der Waals surface area (Å²) in [4.78, 5) is 0. The Morgan fingerprint density at radius 2 is 2.00 bits per heavy atom. The van der Waals surface area contributed by atoms with Crippen LogP contribution in [-0.2, 0) is 0 Å². The fourth-order valence-corrected chi connectivity index (χ4v) is 1.34. The van der Waals surface area contributed by atoms with Crippen molar-refractivity contribution in [2.24, 2.45) is 0 Å². The molecule has 14 heavy (non-hydrogen) atoms. The zero-order valence-electron chi connectivity index (χ0n) is 8.56. The van der Waals surface area contributed by atoms with E-state index in [4.69, 9.17) is 4.74 Å². The second-order valence-electron chi connectivity index (χ2n) is 3.09. The van der Waals surface area contributed by atoms with Gasteiger partial charge in [-0.1, -0.05) is 12.1 Å². The smallest absolute Gasteiger partial charge is 0.119 e. The van der Waals surface area contributed by atoms with Gasteiger partial charge in [0.15, 0.2) is 0 Å². The first-order valence-electron chi connectivity index (χ1n) is 4.64. The minimum atomic E-state index is -0.407. The first kappa shape index (κ1) is 11.4. The molecule has 0 spiro atoms. The third-order valence-corrected chi connectivity index (χ3v) is 2.49. The van der Waals surface area contributed by atoms with Crippen molar-refractivity contribution >= 4 is 11.8 Å². The van der Waals surface area contributed by atoms with Gasteiger partial charge in [-0.3, -0.25) is 0 Å². The SMILES string of the molecule is CSCCOc1ccc([C@@H](C)O)cc1. The molecule has 3 heteroatoms. The zero-order chi connectivity index (χ0) is 10.4. The van der Waals surface area contributed by atoms with Crippen molar-refractivity contribution in [2.75, 3.05) is 18.6 Å². The molecule has 0 fully saturated rings. The number of ether oxygens (including phenoxy) is 1. The highest BCUT2D eigenvalue weighted by molar-refractivity contribution is 7.98. The highest BCUT2D eigenvalue weighted by Gasteiger charge is 2.00. The van der Waals surface area contributed by atoms with Crippen molar-refractivity contribution in [1.29, 1.82) is 0 Å². The highest BCUT2D eigenvalue weighted by Crippen LogP contribution is 2.17. The molecule has 1 atom stereocenters. The third kappa shape index (κ3) is 3.60. The predicted molar refractivity (Wildman–Crippen MR) is 61.0 cm³/mol. The van der Waals surface area contributed by atoms with E-state index in [2.05, 4.69) is 6.26 Å². The summed E-state index contributed by atoms with van der Waals surface area (Å²) in [5, 5.41) is 9.28. The molecule has 0 aromatic heterocycles. The largest absolute Gasteiger partial charge is 0.493 e. The molecular formula is C11H16O2S. The number of benzene rings is 1. The van der Waals surface area contributed by atoms with E-state index in [-0.39, 0.29) is 0 Å². The molecule has 1 rings (SSSR count). The number of aliphatic hydroxyl groups excluding tert-OH is 1. The number of aliphatic hydroxyl groups is 1. The average molecular weight is 212 g/mol. The van der Waals surface area contributed by atoms with Gasteiger partial charge in [0.25, 0.3) is 0 Å². The van der Waals surface area contributed by atoms with Crippen LogP contribution in [0.25, 0.3) is 0 Å². The van der Waals surface area contributed by atoms with Gasteiger partial charge in [0.2, 0.25) is 0 Å². The van der Waals surface area contributed by atoms with Crippen molar-refractivity contribution in [3.8, 4) is 5.75 Å². The lowest BCUT2D eigenvalue weighted by molar-refractivity contribution is 0.199. The molecule has 0 aliphatic heterocycles. The Morgan fingerprint density at radius 1 is 1.36 bits per heavy atom. The summed E-state index contributed by atoms with van der Waals surface area (Å²) in [7, 11) is 0. The Bertz CT molecular complexity index is 256. The lowest BCUT2D eigenvalue weighted by atomic mass is 10.1. The van der Waals surface area contributed by atoms with E-state index in [0.717, 1.165) is 23.7 Å². The van der Waals surface area contributed by atoms with E-state index in [1.165, 1.54) is 0 Å². The molecule has 0 saturated carbocycles. The predicted octanol–water partition coefficient (Wildman–Crippen LogP) is 2.48. The van der Waals surface area contributed by atoms with Crippen molar-refractivity contribution in [2.45, 2.75) is 13.0 Å². The topological polar surface area (TPSA) is 29.5 Å². The Morgan fingerprint density at radius 3 is 2.50 bits per heavy atom. The van der Waals surface area contributed by atoms with Gasteiger partial charge in [-0.25, -0.2) is 0 Å². The summed E-state index contributed by atoms with van der Waals surface area (Å²) in [6.45, 7) is 2.48. The molecule has 1 aromatic carbocycles. The summed E-state index contributed by atoms with van der Waals surface area (Å²) in [6, 6.07) is 7.56. The van der Waals surface area contributed by atoms with Crippen LogP contribution in [0.1, 0.15) is 18.6 Å². The molecule has 0 amide bonds. The Balaban J connectivity index is 2.47. The molecule has 2 nitrogen and oxygen atoms in total. The standard InChI is InChI=1S/C11H16O2S/c1-9(12)10-3-5-11(6-4-10)13-7-8-14-2/h3-6,9,12H,7-8H2,1-2H3/t9-/m1/s1. The molecule has 0 radical (unpaired) electrons. The van der Waals surface area contributed by atoms with E-state index in [0.29, 0.717) is 0 Å². The number of hydrogen-bond donors (Lipinski definition) is 1. The van der Waals surface area contributed by atoms with Crippen LogP contribution in [0.5, 0.6) is 5.75 Å². The quantitative estimate of drug-likeness (QED) is 0.760. The summed E-state index contributed by atoms with van der Waals surface area (Å²) in [6.07, 6.45) is 1.65. The van der Waals surface area contributed by atoms with E-state index < -0.39 is 6.10 Å². The molecule has 0 heterocycles. The fourth-order valence-electron chi connectivity index (χ4n) is 1.09. The van der Waals surface area contributed by atoms with Gasteiger partial charge in [0.05, 0.1) is 12.7 Å². The van der Waals surface area contributed by atoms with Gasteiger partial charge >= 0.3 is 0 Å². The van der Waals surface area contributed by atoms with Crippen LogP contribution in [0.15, 0.2) is 24.3 Å². The summed E-state index contributed by atoms with van der Waals surface area (Å²) >= 11 is 1.76. The Hall–Kier alpha value is -0.670. The van der Waals surface area contributed by atoms with Crippen LogP contribution < -0.4 is 4.74 Å². The molecule has 78 valence electrons. The van der Waals surface area contributed by atoms with Gasteiger partial charge in [-0.05, 0) is 30.9 Å². The first-order valence-corrected chi connectivity index (χ1v) is 6.03. The van der Waals surface area contributed by atoms with E-state index >= 15 is 0 Å². The van der Waals surface area contributed by atoms with Crippen LogP contribution in [-0.4, -0.2) is 23.7 Å². The zero-order valence-corrected chi connectivity index (χ0v) is 9.38. The van der Waals surface area contributed by atoms with Gasteiger partial charge in [0.1, 0.15) is 5.75 Å². The lowest BCUT2D eigenvalue weighted by Crippen LogP contribution is -1.99. The maximum atomic E-state index is 9.28. The number of rotatable bonds is 5. The molecule has 0 saturated heterocycles. The molecule has 1 aromatic rings. The monoisotopic (exact) mass is 212 g/mol. The molecule has 0 aliphatic carbocycles. The average Bonchev–Trinajstić information content (AvgIpc) is 2.19. The maximum Gasteiger partial charge on any atom is 0.119 e. The van der Waals surface area contributed by atoms with Crippen LogP contribution in [0.4, 0.5) is 0 Å². The second kappa shape index (κ2) is 5.94. The lowest BCUT2D eigenvalue weighted by Gasteiger charge is -2.07. The Kier molecular flexibility index (Phi) is 4.84. The van der Waals surface area contributed by atoms with Gasteiger partial charge < -0.3 is 9.84 Å². The first-order chi connectivity index (χ1) is 6.74. The molecule has 0 unspecified atom stereocenters. The Labute approximate surface area is 89.3 Å². The van der Waals surface area contributed by atoms with Gasteiger partial charge in [-0.15, -0.1) is 0 Å². The molecule has 0 aliphatic rings. The summed E-state index contributed by atoms with van der Waals surface area (Å²) < 4.78 is 5.48. The number of thioether (sulfide) groups is 1. The normalized spacial score (nSPS) is 12.5. The fraction of sp³-hybridized carbons (Fsp3) is 0.455. The molecule has 0 bridgehead atoms. The summed E-state index contributed by atoms with van der Waals surface area (Å²) in [5.74, 6) is 1.86. The molecule has 1 N–H and O–H groups in total. The van der Waals surface area contributed by atoms with Crippen LogP contribution >= 0.6 is 11.8 Å². The van der Waals surface area contributed by atoms with Crippen molar-refractivity contribution in [3.05, 3.63) is 29.8 Å². The van der Waals surface area contributed by atoms with E-state index in [1.54, 1.807) is 18.7 Å². The van der Waals surface area contributed by atoms with Crippen molar-refractivity contribution in [1.82, 2.24) is 0 Å². The van der Waals surface area contributed by atoms with E-state index in [1.807, 2.05) is 24.3 Å². The highest BCUT2D eigenvalue weighted by atomic mass is 32.2. The van der Waals surface area contributed by atoms with Gasteiger partial charge in [0, 0.05) is 5.75 Å². The second-order valence-corrected chi connectivity index (χ2v) is 4.07. The van der Waals surface area contributed by atoms with Crippen molar-refractivity contribution in [3.63, 3.8) is 0 Å². The molecular weight excluding hydrogens is 196 g/mol. The van der Waals surface area contributed by atoms with E-state index in [9.17, 15) is 5.11 Å². The number of hydrogen-bond acceptors (Lipinski definition) is 3. The summed E-state index contributed by atoms with van der Waals surface area (Å²) in [5.41, 5.74) is 0.919. The third-order valence-electron chi connectivity index (χ3n) is 1.92.